The van der Waals surface area contributed by atoms with E-state index in [0.717, 1.165) is 47.4 Å². The highest BCUT2D eigenvalue weighted by atomic mass is 16.2. The van der Waals surface area contributed by atoms with E-state index in [1.54, 1.807) is 6.21 Å². The summed E-state index contributed by atoms with van der Waals surface area (Å²) in [7, 11) is 0. The Morgan fingerprint density at radius 2 is 1.79 bits per heavy atom. The maximum absolute atomic E-state index is 12.2. The van der Waals surface area contributed by atoms with E-state index in [2.05, 4.69) is 44.7 Å². The van der Waals surface area contributed by atoms with E-state index in [1.807, 2.05) is 30.3 Å². The number of nitrogens with zero attached hydrogens (tertiary/aromatic N) is 2. The number of piperidine rings is 1. The van der Waals surface area contributed by atoms with Crippen LogP contribution in [0.25, 0.3) is 22.2 Å². The van der Waals surface area contributed by atoms with E-state index < -0.39 is 0 Å². The lowest BCUT2D eigenvalue weighted by atomic mass is 10.1. The Bertz CT molecular complexity index is 955. The van der Waals surface area contributed by atoms with Crippen molar-refractivity contribution in [3.05, 3.63) is 60.2 Å². The molecule has 0 saturated carbocycles. The molecule has 1 aromatic heterocycles. The summed E-state index contributed by atoms with van der Waals surface area (Å²) in [5.74, 6) is -0.0390. The molecule has 2 N–H and O–H groups in total. The van der Waals surface area contributed by atoms with Crippen LogP contribution in [0, 0.1) is 0 Å². The third-order valence-electron chi connectivity index (χ3n) is 5.30. The quantitative estimate of drug-likeness (QED) is 0.503. The zero-order valence-electron chi connectivity index (χ0n) is 16.0. The van der Waals surface area contributed by atoms with Crippen LogP contribution < -0.4 is 5.43 Å². The number of rotatable bonds is 6. The summed E-state index contributed by atoms with van der Waals surface area (Å²) in [6, 6.07) is 18.3. The van der Waals surface area contributed by atoms with Gasteiger partial charge in [0.25, 0.3) is 0 Å². The second-order valence-corrected chi connectivity index (χ2v) is 7.27. The highest BCUT2D eigenvalue weighted by molar-refractivity contribution is 6.06. The lowest BCUT2D eigenvalue weighted by Crippen LogP contribution is -2.33. The number of likely N-dealkylation sites (tertiary alicyclic amines) is 1. The number of benzene rings is 2. The molecule has 1 aliphatic heterocycles. The summed E-state index contributed by atoms with van der Waals surface area (Å²) >= 11 is 0. The normalized spacial score (nSPS) is 15.3. The number of aromatic nitrogens is 1. The molecule has 1 fully saturated rings. The second-order valence-electron chi connectivity index (χ2n) is 7.27. The zero-order valence-corrected chi connectivity index (χ0v) is 16.0. The van der Waals surface area contributed by atoms with E-state index in [9.17, 15) is 4.79 Å². The SMILES string of the molecule is O=C(CCN1CCCCC1)N/N=C\c1c(-c2ccccc2)[nH]c2ccccc12. The predicted octanol–water partition coefficient (Wildman–Crippen LogP) is 4.16. The van der Waals surface area contributed by atoms with Crippen molar-refractivity contribution in [1.29, 1.82) is 0 Å². The zero-order chi connectivity index (χ0) is 19.2. The Balaban J connectivity index is 1.47. The maximum Gasteiger partial charge on any atom is 0.241 e. The third kappa shape index (κ3) is 4.31. The van der Waals surface area contributed by atoms with Crippen molar-refractivity contribution >= 4 is 23.0 Å². The number of nitrogens with one attached hydrogen (secondary N) is 2. The average molecular weight is 374 g/mol. The molecule has 28 heavy (non-hydrogen) atoms. The molecule has 2 aromatic carbocycles. The summed E-state index contributed by atoms with van der Waals surface area (Å²) in [4.78, 5) is 18.0. The fourth-order valence-corrected chi connectivity index (χ4v) is 3.80. The molecule has 5 heteroatoms. The van der Waals surface area contributed by atoms with Gasteiger partial charge in [-0.2, -0.15) is 5.10 Å². The minimum Gasteiger partial charge on any atom is -0.354 e. The number of hydrogen-bond acceptors (Lipinski definition) is 3. The lowest BCUT2D eigenvalue weighted by Gasteiger charge is -2.25. The van der Waals surface area contributed by atoms with Crippen molar-refractivity contribution in [2.75, 3.05) is 19.6 Å². The Morgan fingerprint density at radius 1 is 1.04 bits per heavy atom. The monoisotopic (exact) mass is 374 g/mol. The van der Waals surface area contributed by atoms with Crippen molar-refractivity contribution in [3.63, 3.8) is 0 Å². The van der Waals surface area contributed by atoms with Gasteiger partial charge in [0.15, 0.2) is 0 Å². The molecule has 144 valence electrons. The van der Waals surface area contributed by atoms with Gasteiger partial charge in [-0.15, -0.1) is 0 Å². The van der Waals surface area contributed by atoms with Gasteiger partial charge in [-0.05, 0) is 37.6 Å². The summed E-state index contributed by atoms with van der Waals surface area (Å²) in [5.41, 5.74) is 6.83. The van der Waals surface area contributed by atoms with Crippen LogP contribution in [0.5, 0.6) is 0 Å². The third-order valence-corrected chi connectivity index (χ3v) is 5.30. The Morgan fingerprint density at radius 3 is 2.61 bits per heavy atom. The number of hydrazone groups is 1. The number of aromatic amines is 1. The van der Waals surface area contributed by atoms with E-state index >= 15 is 0 Å². The molecule has 4 rings (SSSR count). The number of carbonyl (C=O) groups is 1. The van der Waals surface area contributed by atoms with E-state index in [-0.39, 0.29) is 5.91 Å². The Labute approximate surface area is 165 Å². The first kappa shape index (κ1) is 18.4. The molecule has 1 aliphatic rings. The number of H-pyrrole nitrogens is 1. The van der Waals surface area contributed by atoms with E-state index in [1.165, 1.54) is 19.3 Å². The Kier molecular flexibility index (Phi) is 5.83. The van der Waals surface area contributed by atoms with Crippen molar-refractivity contribution in [2.45, 2.75) is 25.7 Å². The van der Waals surface area contributed by atoms with Gasteiger partial charge in [0.2, 0.25) is 5.91 Å². The molecule has 0 atom stereocenters. The number of fused-ring (bicyclic) bond motifs is 1. The van der Waals surface area contributed by atoms with Gasteiger partial charge in [-0.1, -0.05) is 55.0 Å². The first-order chi connectivity index (χ1) is 13.8. The molecule has 1 saturated heterocycles. The van der Waals surface area contributed by atoms with Crippen LogP contribution in [-0.4, -0.2) is 41.6 Å². The molecule has 0 bridgehead atoms. The standard InChI is InChI=1S/C23H26N4O/c28-22(13-16-27-14-7-2-8-15-27)26-24-17-20-19-11-5-6-12-21(19)25-23(20)18-9-3-1-4-10-18/h1,3-6,9-12,17,25H,2,7-8,13-16H2,(H,26,28)/b24-17-. The van der Waals surface area contributed by atoms with Gasteiger partial charge in [0, 0.05) is 29.4 Å². The fraction of sp³-hybridized carbons (Fsp3) is 0.304. The molecule has 5 nitrogen and oxygen atoms in total. The average Bonchev–Trinajstić information content (AvgIpc) is 3.12. The van der Waals surface area contributed by atoms with Crippen molar-refractivity contribution in [2.24, 2.45) is 5.10 Å². The van der Waals surface area contributed by atoms with Gasteiger partial charge in [0.05, 0.1) is 11.9 Å². The molecular weight excluding hydrogens is 348 g/mol. The molecule has 3 aromatic rings. The number of hydrogen-bond donors (Lipinski definition) is 2. The molecule has 0 radical (unpaired) electrons. The summed E-state index contributed by atoms with van der Waals surface area (Å²) in [6.45, 7) is 3.02. The summed E-state index contributed by atoms with van der Waals surface area (Å²) in [6.07, 6.45) is 6.02. The minimum atomic E-state index is -0.0390. The van der Waals surface area contributed by atoms with Crippen LogP contribution in [0.2, 0.25) is 0 Å². The number of para-hydroxylation sites is 1. The van der Waals surface area contributed by atoms with E-state index in [4.69, 9.17) is 0 Å². The fourth-order valence-electron chi connectivity index (χ4n) is 3.80. The highest BCUT2D eigenvalue weighted by Crippen LogP contribution is 2.28. The largest absolute Gasteiger partial charge is 0.354 e. The smallest absolute Gasteiger partial charge is 0.241 e. The molecular formula is C23H26N4O. The van der Waals surface area contributed by atoms with Crippen LogP contribution in [0.1, 0.15) is 31.2 Å². The molecule has 0 spiro atoms. The van der Waals surface area contributed by atoms with Crippen LogP contribution in [0.3, 0.4) is 0 Å². The van der Waals surface area contributed by atoms with Crippen molar-refractivity contribution in [1.82, 2.24) is 15.3 Å². The number of amides is 1. The first-order valence-corrected chi connectivity index (χ1v) is 10.0. The first-order valence-electron chi connectivity index (χ1n) is 10.0. The lowest BCUT2D eigenvalue weighted by molar-refractivity contribution is -0.121. The van der Waals surface area contributed by atoms with Crippen molar-refractivity contribution < 1.29 is 4.79 Å². The second kappa shape index (κ2) is 8.85. The van der Waals surface area contributed by atoms with Crippen LogP contribution in [-0.2, 0) is 4.79 Å². The van der Waals surface area contributed by atoms with E-state index in [0.29, 0.717) is 6.42 Å². The number of carbonyl (C=O) groups excluding carboxylic acids is 1. The van der Waals surface area contributed by atoms with Gasteiger partial charge >= 0.3 is 0 Å². The molecule has 0 aliphatic carbocycles. The topological polar surface area (TPSA) is 60.5 Å². The highest BCUT2D eigenvalue weighted by Gasteiger charge is 2.13. The predicted molar refractivity (Wildman–Crippen MR) is 114 cm³/mol. The summed E-state index contributed by atoms with van der Waals surface area (Å²) in [5, 5.41) is 5.34. The molecule has 2 heterocycles. The maximum atomic E-state index is 12.2. The van der Waals surface area contributed by atoms with Crippen molar-refractivity contribution in [3.8, 4) is 11.3 Å². The van der Waals surface area contributed by atoms with Gasteiger partial charge < -0.3 is 9.88 Å². The van der Waals surface area contributed by atoms with Crippen LogP contribution in [0.4, 0.5) is 0 Å². The van der Waals surface area contributed by atoms with Crippen LogP contribution >= 0.6 is 0 Å². The van der Waals surface area contributed by atoms with Crippen LogP contribution in [0.15, 0.2) is 59.7 Å². The molecule has 1 amide bonds. The Hall–Kier alpha value is -2.92. The minimum absolute atomic E-state index is 0.0390. The van der Waals surface area contributed by atoms with Gasteiger partial charge in [0.1, 0.15) is 0 Å². The molecule has 0 unspecified atom stereocenters. The summed E-state index contributed by atoms with van der Waals surface area (Å²) < 4.78 is 0. The van der Waals surface area contributed by atoms with Gasteiger partial charge in [-0.3, -0.25) is 4.79 Å². The van der Waals surface area contributed by atoms with Gasteiger partial charge in [-0.25, -0.2) is 5.43 Å².